The van der Waals surface area contributed by atoms with E-state index in [4.69, 9.17) is 12.2 Å². The maximum absolute atomic E-state index is 12.5. The van der Waals surface area contributed by atoms with Crippen LogP contribution in [0.25, 0.3) is 0 Å². The lowest BCUT2D eigenvalue weighted by atomic mass is 9.72. The summed E-state index contributed by atoms with van der Waals surface area (Å²) >= 11 is 6.71. The van der Waals surface area contributed by atoms with Gasteiger partial charge in [-0.3, -0.25) is 9.89 Å². The van der Waals surface area contributed by atoms with Crippen LogP contribution in [0.4, 0.5) is 0 Å². The number of carbonyl (C=O) groups is 1. The molecule has 0 spiro atoms. The van der Waals surface area contributed by atoms with Gasteiger partial charge in [-0.15, -0.1) is 11.3 Å². The molecule has 0 bridgehead atoms. The fourth-order valence-corrected chi connectivity index (χ4v) is 4.43. The van der Waals surface area contributed by atoms with Crippen molar-refractivity contribution in [1.82, 2.24) is 20.1 Å². The van der Waals surface area contributed by atoms with Crippen LogP contribution in [0.2, 0.25) is 0 Å². The first-order valence-corrected chi connectivity index (χ1v) is 9.48. The highest BCUT2D eigenvalue weighted by Crippen LogP contribution is 2.40. The molecule has 1 unspecified atom stereocenters. The molecule has 2 N–H and O–H groups in total. The molecule has 0 saturated carbocycles. The smallest absolute Gasteiger partial charge is 0.261 e. The fraction of sp³-hybridized carbons (Fsp3) is 0.588. The molecule has 130 valence electrons. The average Bonchev–Trinajstić information content (AvgIpc) is 3.08. The molecule has 1 aliphatic rings. The predicted molar refractivity (Wildman–Crippen MR) is 98.9 cm³/mol. The second-order valence-corrected chi connectivity index (χ2v) is 9.07. The first kappa shape index (κ1) is 17.4. The lowest BCUT2D eigenvalue weighted by Crippen LogP contribution is -2.26. The van der Waals surface area contributed by atoms with E-state index in [0.717, 1.165) is 23.5 Å². The van der Waals surface area contributed by atoms with Gasteiger partial charge in [0.15, 0.2) is 10.6 Å². The van der Waals surface area contributed by atoms with Gasteiger partial charge in [-0.05, 0) is 54.4 Å². The van der Waals surface area contributed by atoms with Crippen molar-refractivity contribution in [1.29, 1.82) is 0 Å². The van der Waals surface area contributed by atoms with Crippen molar-refractivity contribution in [2.75, 3.05) is 0 Å². The molecule has 2 aromatic heterocycles. The van der Waals surface area contributed by atoms with Crippen LogP contribution in [-0.4, -0.2) is 20.7 Å². The van der Waals surface area contributed by atoms with Gasteiger partial charge in [0, 0.05) is 11.9 Å². The summed E-state index contributed by atoms with van der Waals surface area (Å²) in [4.78, 5) is 14.6. The van der Waals surface area contributed by atoms with E-state index in [2.05, 4.69) is 42.4 Å². The molecule has 0 aliphatic heterocycles. The summed E-state index contributed by atoms with van der Waals surface area (Å²) in [6.45, 7) is 7.29. The molecule has 1 amide bonds. The molecule has 0 aromatic carbocycles. The molecule has 1 atom stereocenters. The number of aryl methyl sites for hydroxylation is 1. The zero-order chi connectivity index (χ0) is 17.5. The van der Waals surface area contributed by atoms with Crippen LogP contribution in [0, 0.1) is 16.1 Å². The Bertz CT molecular complexity index is 809. The summed E-state index contributed by atoms with van der Waals surface area (Å²) in [7, 11) is 1.84. The predicted octanol–water partition coefficient (Wildman–Crippen LogP) is 3.62. The molecule has 0 saturated heterocycles. The lowest BCUT2D eigenvalue weighted by Gasteiger charge is -2.33. The summed E-state index contributed by atoms with van der Waals surface area (Å²) in [5.74, 6) is 1.38. The maximum Gasteiger partial charge on any atom is 0.261 e. The van der Waals surface area contributed by atoms with Gasteiger partial charge in [0.05, 0.1) is 11.4 Å². The van der Waals surface area contributed by atoms with Crippen LogP contribution in [0.1, 0.15) is 53.1 Å². The molecule has 3 rings (SSSR count). The number of aromatic nitrogens is 3. The largest absolute Gasteiger partial charge is 0.344 e. The standard InChI is InChI=1S/C17H24N4OS2/c1-17(2,3)11-5-6-12-10(7-11)8-13(24-12)15(22)18-9-14-19-20-16(23)21(14)4/h8,11H,5-7,9H2,1-4H3,(H,18,22)(H,20,23). The normalized spacial score (nSPS) is 17.6. The van der Waals surface area contributed by atoms with Crippen LogP contribution in [0.15, 0.2) is 6.07 Å². The van der Waals surface area contributed by atoms with Gasteiger partial charge in [0.2, 0.25) is 0 Å². The minimum atomic E-state index is -0.0318. The number of H-pyrrole nitrogens is 1. The van der Waals surface area contributed by atoms with Crippen molar-refractivity contribution in [3.05, 3.63) is 32.0 Å². The molecule has 5 nitrogen and oxygen atoms in total. The Hall–Kier alpha value is -1.47. The Kier molecular flexibility index (Phi) is 4.66. The number of hydrogen-bond acceptors (Lipinski definition) is 4. The number of carbonyl (C=O) groups excluding carboxylic acids is 1. The van der Waals surface area contributed by atoms with Crippen molar-refractivity contribution >= 4 is 29.5 Å². The van der Waals surface area contributed by atoms with Crippen LogP contribution in [0.3, 0.4) is 0 Å². The van der Waals surface area contributed by atoms with Gasteiger partial charge in [0.25, 0.3) is 5.91 Å². The Morgan fingerprint density at radius 3 is 2.92 bits per heavy atom. The number of nitrogens with one attached hydrogen (secondary N) is 2. The zero-order valence-corrected chi connectivity index (χ0v) is 16.2. The van der Waals surface area contributed by atoms with E-state index in [0.29, 0.717) is 22.6 Å². The summed E-state index contributed by atoms with van der Waals surface area (Å²) in [5, 5.41) is 9.79. The molecular formula is C17H24N4OS2. The summed E-state index contributed by atoms with van der Waals surface area (Å²) in [6.07, 6.45) is 3.38. The summed E-state index contributed by atoms with van der Waals surface area (Å²) < 4.78 is 2.32. The van der Waals surface area contributed by atoms with Gasteiger partial charge in [-0.1, -0.05) is 20.8 Å². The van der Waals surface area contributed by atoms with Crippen molar-refractivity contribution in [3.8, 4) is 0 Å². The number of aromatic amines is 1. The molecule has 24 heavy (non-hydrogen) atoms. The Morgan fingerprint density at radius 1 is 1.54 bits per heavy atom. The number of rotatable bonds is 3. The van der Waals surface area contributed by atoms with E-state index in [1.807, 2.05) is 7.05 Å². The molecule has 0 fully saturated rings. The summed E-state index contributed by atoms with van der Waals surface area (Å²) in [5.41, 5.74) is 1.67. The van der Waals surface area contributed by atoms with Gasteiger partial charge >= 0.3 is 0 Å². The SMILES string of the molecule is Cn1c(CNC(=O)c2cc3c(s2)CCC(C(C)(C)C)C3)n[nH]c1=S. The minimum absolute atomic E-state index is 0.0318. The maximum atomic E-state index is 12.5. The highest BCUT2D eigenvalue weighted by Gasteiger charge is 2.30. The number of nitrogens with zero attached hydrogens (tertiary/aromatic N) is 2. The van der Waals surface area contributed by atoms with E-state index in [1.54, 1.807) is 15.9 Å². The van der Waals surface area contributed by atoms with Gasteiger partial charge < -0.3 is 9.88 Å². The third kappa shape index (κ3) is 3.47. The van der Waals surface area contributed by atoms with Crippen LogP contribution in [0.5, 0.6) is 0 Å². The van der Waals surface area contributed by atoms with Crippen molar-refractivity contribution in [2.45, 2.75) is 46.6 Å². The number of amides is 1. The van der Waals surface area contributed by atoms with Crippen molar-refractivity contribution in [2.24, 2.45) is 18.4 Å². The summed E-state index contributed by atoms with van der Waals surface area (Å²) in [6, 6.07) is 2.08. The molecule has 2 aromatic rings. The van der Waals surface area contributed by atoms with Crippen LogP contribution >= 0.6 is 23.6 Å². The zero-order valence-electron chi connectivity index (χ0n) is 14.6. The van der Waals surface area contributed by atoms with Crippen molar-refractivity contribution in [3.63, 3.8) is 0 Å². The number of fused-ring (bicyclic) bond motifs is 1. The average molecular weight is 365 g/mol. The molecule has 0 radical (unpaired) electrons. The monoisotopic (exact) mass is 364 g/mol. The van der Waals surface area contributed by atoms with E-state index in [1.165, 1.54) is 16.9 Å². The number of hydrogen-bond donors (Lipinski definition) is 2. The van der Waals surface area contributed by atoms with E-state index in [-0.39, 0.29) is 5.91 Å². The third-order valence-corrected chi connectivity index (χ3v) is 6.51. The first-order chi connectivity index (χ1) is 11.3. The third-order valence-electron chi connectivity index (χ3n) is 4.91. The second-order valence-electron chi connectivity index (χ2n) is 7.55. The van der Waals surface area contributed by atoms with Gasteiger partial charge in [0.1, 0.15) is 0 Å². The quantitative estimate of drug-likeness (QED) is 0.818. The lowest BCUT2D eigenvalue weighted by molar-refractivity contribution is 0.0953. The molecular weight excluding hydrogens is 340 g/mol. The Balaban J connectivity index is 1.68. The molecule has 1 aliphatic carbocycles. The van der Waals surface area contributed by atoms with E-state index in [9.17, 15) is 4.79 Å². The molecule has 2 heterocycles. The second kappa shape index (κ2) is 6.44. The van der Waals surface area contributed by atoms with Gasteiger partial charge in [-0.25, -0.2) is 0 Å². The number of thiophene rings is 1. The van der Waals surface area contributed by atoms with Crippen LogP contribution < -0.4 is 5.32 Å². The highest BCUT2D eigenvalue weighted by atomic mass is 32.1. The topological polar surface area (TPSA) is 62.7 Å². The Labute approximate surface area is 151 Å². The van der Waals surface area contributed by atoms with Crippen molar-refractivity contribution < 1.29 is 4.79 Å². The first-order valence-electron chi connectivity index (χ1n) is 8.25. The molecule has 7 heteroatoms. The fourth-order valence-electron chi connectivity index (χ4n) is 3.16. The Morgan fingerprint density at radius 2 is 2.29 bits per heavy atom. The van der Waals surface area contributed by atoms with Gasteiger partial charge in [-0.2, -0.15) is 5.10 Å². The minimum Gasteiger partial charge on any atom is -0.344 e. The van der Waals surface area contributed by atoms with Crippen LogP contribution in [-0.2, 0) is 26.4 Å². The highest BCUT2D eigenvalue weighted by molar-refractivity contribution is 7.71. The van der Waals surface area contributed by atoms with E-state index < -0.39 is 0 Å². The van der Waals surface area contributed by atoms with E-state index >= 15 is 0 Å².